The maximum atomic E-state index is 9.03. The van der Waals surface area contributed by atoms with E-state index in [4.69, 9.17) is 5.11 Å². The Morgan fingerprint density at radius 1 is 1.33 bits per heavy atom. The Labute approximate surface area is 96.1 Å². The van der Waals surface area contributed by atoms with Gasteiger partial charge in [-0.25, -0.2) is 0 Å². The fraction of sp³-hybridized carbons (Fsp3) is 0.500. The lowest BCUT2D eigenvalue weighted by Crippen LogP contribution is -2.26. The number of thioether (sulfide) groups is 1. The highest BCUT2D eigenvalue weighted by Gasteiger charge is 1.95. The van der Waals surface area contributed by atoms with Crippen molar-refractivity contribution in [3.05, 3.63) is 29.8 Å². The second-order valence-corrected chi connectivity index (χ2v) is 4.88. The van der Waals surface area contributed by atoms with Crippen LogP contribution in [-0.4, -0.2) is 30.1 Å². The fourth-order valence-corrected chi connectivity index (χ4v) is 2.00. The van der Waals surface area contributed by atoms with Crippen molar-refractivity contribution in [2.24, 2.45) is 0 Å². The molecule has 0 aliphatic heterocycles. The average molecular weight is 225 g/mol. The topological polar surface area (TPSA) is 32.3 Å². The van der Waals surface area contributed by atoms with E-state index < -0.39 is 0 Å². The van der Waals surface area contributed by atoms with Gasteiger partial charge in [0.15, 0.2) is 0 Å². The van der Waals surface area contributed by atoms with Crippen molar-refractivity contribution in [2.75, 3.05) is 18.8 Å². The van der Waals surface area contributed by atoms with Crippen LogP contribution in [-0.2, 0) is 0 Å². The molecule has 0 radical (unpaired) electrons. The van der Waals surface area contributed by atoms with Gasteiger partial charge in [0.05, 0.1) is 6.10 Å². The SMILES string of the molecule is Cc1ccc(SCCNC[C@@H](C)O)cc1. The van der Waals surface area contributed by atoms with Crippen LogP contribution in [0.5, 0.6) is 0 Å². The molecule has 0 aliphatic rings. The third kappa shape index (κ3) is 5.82. The van der Waals surface area contributed by atoms with E-state index in [2.05, 4.69) is 36.5 Å². The smallest absolute Gasteiger partial charge is 0.0636 e. The molecule has 0 saturated heterocycles. The van der Waals surface area contributed by atoms with E-state index in [0.29, 0.717) is 6.54 Å². The molecule has 0 amide bonds. The molecule has 0 bridgehead atoms. The first-order valence-electron chi connectivity index (χ1n) is 5.27. The minimum atomic E-state index is -0.255. The van der Waals surface area contributed by atoms with E-state index in [0.717, 1.165) is 12.3 Å². The quantitative estimate of drug-likeness (QED) is 0.574. The Morgan fingerprint density at radius 3 is 2.60 bits per heavy atom. The van der Waals surface area contributed by atoms with Gasteiger partial charge in [-0.1, -0.05) is 17.7 Å². The molecule has 0 aliphatic carbocycles. The molecule has 0 aromatic heterocycles. The minimum Gasteiger partial charge on any atom is -0.392 e. The highest BCUT2D eigenvalue weighted by Crippen LogP contribution is 2.17. The van der Waals surface area contributed by atoms with Crippen molar-refractivity contribution in [3.8, 4) is 0 Å². The Kier molecular flexibility index (Phi) is 5.76. The fourth-order valence-electron chi connectivity index (χ4n) is 1.19. The number of aliphatic hydroxyl groups excluding tert-OH is 1. The first kappa shape index (κ1) is 12.6. The molecule has 1 aromatic carbocycles. The molecule has 0 heterocycles. The Balaban J connectivity index is 2.12. The number of benzene rings is 1. The lowest BCUT2D eigenvalue weighted by Gasteiger charge is -2.06. The second kappa shape index (κ2) is 6.88. The monoisotopic (exact) mass is 225 g/mol. The summed E-state index contributed by atoms with van der Waals surface area (Å²) in [5.41, 5.74) is 1.30. The summed E-state index contributed by atoms with van der Waals surface area (Å²) >= 11 is 1.84. The predicted molar refractivity (Wildman–Crippen MR) is 66.5 cm³/mol. The normalized spacial score (nSPS) is 12.7. The highest BCUT2D eigenvalue weighted by atomic mass is 32.2. The Bertz CT molecular complexity index is 271. The summed E-state index contributed by atoms with van der Waals surface area (Å²) in [5, 5.41) is 12.2. The van der Waals surface area contributed by atoms with E-state index in [1.54, 1.807) is 6.92 Å². The summed E-state index contributed by atoms with van der Waals surface area (Å²) in [5.74, 6) is 1.04. The molecule has 1 rings (SSSR count). The van der Waals surface area contributed by atoms with Gasteiger partial charge >= 0.3 is 0 Å². The highest BCUT2D eigenvalue weighted by molar-refractivity contribution is 7.99. The summed E-state index contributed by atoms with van der Waals surface area (Å²) in [4.78, 5) is 1.31. The number of aryl methyl sites for hydroxylation is 1. The van der Waals surface area contributed by atoms with Crippen LogP contribution in [0.3, 0.4) is 0 Å². The Hall–Kier alpha value is -0.510. The molecule has 2 nitrogen and oxygen atoms in total. The van der Waals surface area contributed by atoms with Crippen LogP contribution in [0.1, 0.15) is 12.5 Å². The minimum absolute atomic E-state index is 0.255. The van der Waals surface area contributed by atoms with Gasteiger partial charge in [-0.05, 0) is 26.0 Å². The zero-order valence-electron chi connectivity index (χ0n) is 9.36. The molecule has 0 spiro atoms. The number of hydrogen-bond donors (Lipinski definition) is 2. The maximum Gasteiger partial charge on any atom is 0.0636 e. The number of aliphatic hydroxyl groups is 1. The van der Waals surface area contributed by atoms with Crippen molar-refractivity contribution in [3.63, 3.8) is 0 Å². The summed E-state index contributed by atoms with van der Waals surface area (Å²) in [6.45, 7) is 5.50. The van der Waals surface area contributed by atoms with Crippen molar-refractivity contribution >= 4 is 11.8 Å². The summed E-state index contributed by atoms with van der Waals surface area (Å²) in [6.07, 6.45) is -0.255. The molecule has 3 heteroatoms. The largest absolute Gasteiger partial charge is 0.392 e. The van der Waals surface area contributed by atoms with Crippen LogP contribution in [0.2, 0.25) is 0 Å². The van der Waals surface area contributed by atoms with Gasteiger partial charge in [-0.15, -0.1) is 11.8 Å². The molecule has 0 fully saturated rings. The number of rotatable bonds is 6. The Morgan fingerprint density at radius 2 is 2.00 bits per heavy atom. The van der Waals surface area contributed by atoms with E-state index in [1.165, 1.54) is 10.5 Å². The van der Waals surface area contributed by atoms with Crippen LogP contribution in [0.25, 0.3) is 0 Å². The molecule has 0 saturated carbocycles. The van der Waals surface area contributed by atoms with E-state index in [-0.39, 0.29) is 6.10 Å². The summed E-state index contributed by atoms with van der Waals surface area (Å²) < 4.78 is 0. The van der Waals surface area contributed by atoms with Gasteiger partial charge in [-0.3, -0.25) is 0 Å². The van der Waals surface area contributed by atoms with Crippen molar-refractivity contribution in [1.82, 2.24) is 5.32 Å². The van der Waals surface area contributed by atoms with Gasteiger partial charge in [-0.2, -0.15) is 0 Å². The van der Waals surface area contributed by atoms with E-state index in [1.807, 2.05) is 11.8 Å². The van der Waals surface area contributed by atoms with Crippen LogP contribution >= 0.6 is 11.8 Å². The van der Waals surface area contributed by atoms with Crippen molar-refractivity contribution in [1.29, 1.82) is 0 Å². The van der Waals surface area contributed by atoms with Crippen LogP contribution < -0.4 is 5.32 Å². The third-order valence-corrected chi connectivity index (χ3v) is 3.02. The molecule has 1 aromatic rings. The standard InChI is InChI=1S/C12H19NOS/c1-10-3-5-12(6-4-10)15-8-7-13-9-11(2)14/h3-6,11,13-14H,7-9H2,1-2H3/t11-/m1/s1. The summed E-state index contributed by atoms with van der Waals surface area (Å²) in [7, 11) is 0. The zero-order valence-corrected chi connectivity index (χ0v) is 10.2. The molecule has 84 valence electrons. The van der Waals surface area contributed by atoms with Crippen LogP contribution in [0, 0.1) is 6.92 Å². The lowest BCUT2D eigenvalue weighted by molar-refractivity contribution is 0.192. The van der Waals surface area contributed by atoms with Gasteiger partial charge in [0, 0.05) is 23.7 Å². The molecule has 15 heavy (non-hydrogen) atoms. The lowest BCUT2D eigenvalue weighted by atomic mass is 10.2. The van der Waals surface area contributed by atoms with Crippen LogP contribution in [0.15, 0.2) is 29.2 Å². The summed E-state index contributed by atoms with van der Waals surface area (Å²) in [6, 6.07) is 8.56. The number of nitrogens with one attached hydrogen (secondary N) is 1. The van der Waals surface area contributed by atoms with Crippen molar-refractivity contribution in [2.45, 2.75) is 24.8 Å². The van der Waals surface area contributed by atoms with Crippen LogP contribution in [0.4, 0.5) is 0 Å². The van der Waals surface area contributed by atoms with Crippen molar-refractivity contribution < 1.29 is 5.11 Å². The average Bonchev–Trinajstić information content (AvgIpc) is 2.20. The second-order valence-electron chi connectivity index (χ2n) is 3.71. The molecular weight excluding hydrogens is 206 g/mol. The first-order valence-corrected chi connectivity index (χ1v) is 6.25. The van der Waals surface area contributed by atoms with E-state index >= 15 is 0 Å². The molecule has 1 atom stereocenters. The number of hydrogen-bond acceptors (Lipinski definition) is 3. The first-order chi connectivity index (χ1) is 7.18. The molecule has 2 N–H and O–H groups in total. The third-order valence-electron chi connectivity index (χ3n) is 2.01. The zero-order chi connectivity index (χ0) is 11.1. The van der Waals surface area contributed by atoms with Gasteiger partial charge < -0.3 is 10.4 Å². The van der Waals surface area contributed by atoms with Gasteiger partial charge in [0.25, 0.3) is 0 Å². The van der Waals surface area contributed by atoms with Gasteiger partial charge in [0.1, 0.15) is 0 Å². The van der Waals surface area contributed by atoms with Gasteiger partial charge in [0.2, 0.25) is 0 Å². The molecule has 0 unspecified atom stereocenters. The maximum absolute atomic E-state index is 9.03. The predicted octanol–water partition coefficient (Wildman–Crippen LogP) is 2.06. The van der Waals surface area contributed by atoms with E-state index in [9.17, 15) is 0 Å². The molecular formula is C12H19NOS.